The van der Waals surface area contributed by atoms with Gasteiger partial charge in [0.25, 0.3) is 11.8 Å². The number of nitrogens with one attached hydrogen (secondary N) is 1. The van der Waals surface area contributed by atoms with Gasteiger partial charge in [-0.15, -0.1) is 0 Å². The lowest BCUT2D eigenvalue weighted by Crippen LogP contribution is -2.38. The summed E-state index contributed by atoms with van der Waals surface area (Å²) < 4.78 is 0. The predicted octanol–water partition coefficient (Wildman–Crippen LogP) is 3.88. The first-order valence-corrected chi connectivity index (χ1v) is 9.42. The van der Waals surface area contributed by atoms with Crippen LogP contribution in [0.3, 0.4) is 0 Å². The van der Waals surface area contributed by atoms with Gasteiger partial charge in [0.2, 0.25) is 0 Å². The fourth-order valence-electron chi connectivity index (χ4n) is 3.35. The molecule has 0 aliphatic carbocycles. The van der Waals surface area contributed by atoms with Crippen molar-refractivity contribution in [2.75, 3.05) is 37.4 Å². The minimum atomic E-state index is -0.182. The van der Waals surface area contributed by atoms with Gasteiger partial charge in [0.15, 0.2) is 0 Å². The molecule has 1 N–H and O–H groups in total. The Kier molecular flexibility index (Phi) is 5.79. The topological polar surface area (TPSA) is 52.7 Å². The van der Waals surface area contributed by atoms with E-state index in [1.165, 1.54) is 0 Å². The van der Waals surface area contributed by atoms with E-state index in [0.717, 1.165) is 31.6 Å². The van der Waals surface area contributed by atoms with Gasteiger partial charge in [0, 0.05) is 44.1 Å². The Morgan fingerprint density at radius 3 is 2.33 bits per heavy atom. The normalized spacial score (nSPS) is 14.7. The summed E-state index contributed by atoms with van der Waals surface area (Å²) in [7, 11) is 3.85. The maximum atomic E-state index is 13.1. The number of hydrogen-bond donors (Lipinski definition) is 1. The van der Waals surface area contributed by atoms with Crippen molar-refractivity contribution in [3.63, 3.8) is 0 Å². The summed E-state index contributed by atoms with van der Waals surface area (Å²) in [5.41, 5.74) is 2.70. The molecule has 1 aliphatic heterocycles. The SMILES string of the molecule is CC1CCN(C(=O)c2cc(NC(=O)c3ccccc3)ccc2N(C)C)CC1. The molecule has 2 aromatic rings. The van der Waals surface area contributed by atoms with Crippen LogP contribution in [-0.2, 0) is 0 Å². The maximum Gasteiger partial charge on any atom is 0.256 e. The van der Waals surface area contributed by atoms with E-state index in [9.17, 15) is 9.59 Å². The smallest absolute Gasteiger partial charge is 0.256 e. The van der Waals surface area contributed by atoms with Crippen LogP contribution in [0.4, 0.5) is 11.4 Å². The second kappa shape index (κ2) is 8.25. The molecule has 0 atom stereocenters. The lowest BCUT2D eigenvalue weighted by molar-refractivity contribution is 0.0697. The standard InChI is InChI=1S/C22H27N3O2/c1-16-11-13-25(14-12-16)22(27)19-15-18(9-10-20(19)24(2)3)23-21(26)17-7-5-4-6-8-17/h4-10,15-16H,11-14H2,1-3H3,(H,23,26). The van der Waals surface area contributed by atoms with E-state index in [4.69, 9.17) is 0 Å². The fraction of sp³-hybridized carbons (Fsp3) is 0.364. The average Bonchev–Trinajstić information content (AvgIpc) is 2.68. The summed E-state index contributed by atoms with van der Waals surface area (Å²) in [6, 6.07) is 14.6. The van der Waals surface area contributed by atoms with Crippen LogP contribution in [0.2, 0.25) is 0 Å². The van der Waals surface area contributed by atoms with Crippen molar-refractivity contribution in [3.05, 3.63) is 59.7 Å². The highest BCUT2D eigenvalue weighted by Gasteiger charge is 2.24. The number of amides is 2. The van der Waals surface area contributed by atoms with E-state index in [-0.39, 0.29) is 11.8 Å². The van der Waals surface area contributed by atoms with Gasteiger partial charge in [-0.2, -0.15) is 0 Å². The molecule has 0 unspecified atom stereocenters. The largest absolute Gasteiger partial charge is 0.377 e. The van der Waals surface area contributed by atoms with Gasteiger partial charge < -0.3 is 15.1 Å². The number of piperidine rings is 1. The van der Waals surface area contributed by atoms with Gasteiger partial charge in [0.1, 0.15) is 0 Å². The summed E-state index contributed by atoms with van der Waals surface area (Å²) in [6.07, 6.45) is 2.07. The second-order valence-electron chi connectivity index (χ2n) is 7.42. The van der Waals surface area contributed by atoms with E-state index < -0.39 is 0 Å². The Balaban J connectivity index is 1.84. The number of nitrogens with zero attached hydrogens (tertiary/aromatic N) is 2. The zero-order valence-corrected chi connectivity index (χ0v) is 16.2. The molecule has 0 aromatic heterocycles. The predicted molar refractivity (Wildman–Crippen MR) is 109 cm³/mol. The molecule has 2 amide bonds. The number of benzene rings is 2. The van der Waals surface area contributed by atoms with Gasteiger partial charge in [-0.3, -0.25) is 9.59 Å². The van der Waals surface area contributed by atoms with Gasteiger partial charge in [-0.1, -0.05) is 25.1 Å². The van der Waals surface area contributed by atoms with Crippen LogP contribution >= 0.6 is 0 Å². The number of carbonyl (C=O) groups is 2. The third-order valence-electron chi connectivity index (χ3n) is 5.07. The molecule has 3 rings (SSSR count). The van der Waals surface area contributed by atoms with Crippen molar-refractivity contribution in [1.82, 2.24) is 4.90 Å². The van der Waals surface area contributed by atoms with E-state index in [1.54, 1.807) is 18.2 Å². The first-order chi connectivity index (χ1) is 13.0. The van der Waals surface area contributed by atoms with E-state index in [1.807, 2.05) is 54.2 Å². The summed E-state index contributed by atoms with van der Waals surface area (Å²) in [6.45, 7) is 3.80. The zero-order valence-electron chi connectivity index (χ0n) is 16.2. The van der Waals surface area contributed by atoms with Gasteiger partial charge in [-0.25, -0.2) is 0 Å². The maximum absolute atomic E-state index is 13.1. The Hall–Kier alpha value is -2.82. The van der Waals surface area contributed by atoms with Crippen molar-refractivity contribution in [2.24, 2.45) is 5.92 Å². The molecule has 1 heterocycles. The van der Waals surface area contributed by atoms with Crippen LogP contribution in [0.1, 0.15) is 40.5 Å². The molecule has 0 radical (unpaired) electrons. The monoisotopic (exact) mass is 365 g/mol. The molecule has 5 nitrogen and oxygen atoms in total. The number of carbonyl (C=O) groups excluding carboxylic acids is 2. The zero-order chi connectivity index (χ0) is 19.4. The lowest BCUT2D eigenvalue weighted by Gasteiger charge is -2.31. The van der Waals surface area contributed by atoms with Gasteiger partial charge >= 0.3 is 0 Å². The highest BCUT2D eigenvalue weighted by molar-refractivity contribution is 6.06. The minimum Gasteiger partial charge on any atom is -0.377 e. The summed E-state index contributed by atoms with van der Waals surface area (Å²) in [4.78, 5) is 29.4. The Bertz CT molecular complexity index is 810. The number of anilines is 2. The molecule has 27 heavy (non-hydrogen) atoms. The van der Waals surface area contributed by atoms with Crippen LogP contribution in [0.5, 0.6) is 0 Å². The quantitative estimate of drug-likeness (QED) is 0.895. The summed E-state index contributed by atoms with van der Waals surface area (Å²) in [5, 5.41) is 2.90. The molecule has 1 aliphatic rings. The highest BCUT2D eigenvalue weighted by Crippen LogP contribution is 2.27. The molecular formula is C22H27N3O2. The van der Waals surface area contributed by atoms with Gasteiger partial charge in [0.05, 0.1) is 5.56 Å². The Labute approximate surface area is 161 Å². The van der Waals surface area contributed by atoms with Crippen molar-refractivity contribution in [3.8, 4) is 0 Å². The number of likely N-dealkylation sites (tertiary alicyclic amines) is 1. The van der Waals surface area contributed by atoms with E-state index in [2.05, 4.69) is 12.2 Å². The molecular weight excluding hydrogens is 338 g/mol. The van der Waals surface area contributed by atoms with Crippen LogP contribution in [0.15, 0.2) is 48.5 Å². The van der Waals surface area contributed by atoms with Crippen molar-refractivity contribution in [2.45, 2.75) is 19.8 Å². The molecule has 1 fully saturated rings. The molecule has 142 valence electrons. The Morgan fingerprint density at radius 2 is 1.70 bits per heavy atom. The summed E-state index contributed by atoms with van der Waals surface area (Å²) in [5.74, 6) is 0.513. The van der Waals surface area contributed by atoms with E-state index in [0.29, 0.717) is 22.7 Å². The van der Waals surface area contributed by atoms with Crippen molar-refractivity contribution >= 4 is 23.2 Å². The third-order valence-corrected chi connectivity index (χ3v) is 5.07. The van der Waals surface area contributed by atoms with E-state index >= 15 is 0 Å². The lowest BCUT2D eigenvalue weighted by atomic mass is 9.98. The minimum absolute atomic E-state index is 0.0291. The first kappa shape index (κ1) is 19.0. The van der Waals surface area contributed by atoms with Crippen LogP contribution < -0.4 is 10.2 Å². The fourth-order valence-corrected chi connectivity index (χ4v) is 3.35. The van der Waals surface area contributed by atoms with Crippen LogP contribution in [0.25, 0.3) is 0 Å². The van der Waals surface area contributed by atoms with Crippen LogP contribution in [-0.4, -0.2) is 43.9 Å². The summed E-state index contributed by atoms with van der Waals surface area (Å²) >= 11 is 0. The molecule has 1 saturated heterocycles. The third kappa shape index (κ3) is 4.48. The van der Waals surface area contributed by atoms with Crippen LogP contribution in [0, 0.1) is 5.92 Å². The molecule has 0 spiro atoms. The van der Waals surface area contributed by atoms with Gasteiger partial charge in [-0.05, 0) is 49.1 Å². The Morgan fingerprint density at radius 1 is 1.04 bits per heavy atom. The average molecular weight is 365 g/mol. The second-order valence-corrected chi connectivity index (χ2v) is 7.42. The molecule has 5 heteroatoms. The number of rotatable bonds is 4. The molecule has 0 bridgehead atoms. The van der Waals surface area contributed by atoms with Crippen molar-refractivity contribution in [1.29, 1.82) is 0 Å². The molecule has 0 saturated carbocycles. The first-order valence-electron chi connectivity index (χ1n) is 9.42. The van der Waals surface area contributed by atoms with Crippen molar-refractivity contribution < 1.29 is 9.59 Å². The molecule has 2 aromatic carbocycles. The number of hydrogen-bond acceptors (Lipinski definition) is 3. The highest BCUT2D eigenvalue weighted by atomic mass is 16.2.